The van der Waals surface area contributed by atoms with Crippen LogP contribution in [-0.4, -0.2) is 50.1 Å². The topological polar surface area (TPSA) is 101 Å². The summed E-state index contributed by atoms with van der Waals surface area (Å²) in [5.74, 6) is -0.501. The van der Waals surface area contributed by atoms with Crippen LogP contribution in [0.1, 0.15) is 9.80 Å². The van der Waals surface area contributed by atoms with Crippen LogP contribution in [0.15, 0.2) is 0 Å². The van der Waals surface area contributed by atoms with E-state index in [4.69, 9.17) is 0 Å². The Hall–Kier alpha value is -1.22. The van der Waals surface area contributed by atoms with Crippen molar-refractivity contribution in [2.24, 2.45) is 0 Å². The highest BCUT2D eigenvalue weighted by Crippen LogP contribution is 2.13. The van der Waals surface area contributed by atoms with E-state index in [-0.39, 0.29) is 17.3 Å². The molecule has 0 spiro atoms. The van der Waals surface area contributed by atoms with Crippen molar-refractivity contribution < 1.29 is 13.2 Å². The van der Waals surface area contributed by atoms with Crippen molar-refractivity contribution in [2.75, 3.05) is 30.9 Å². The first-order chi connectivity index (χ1) is 7.42. The molecule has 7 nitrogen and oxygen atoms in total. The Bertz CT molecular complexity index is 468. The van der Waals surface area contributed by atoms with E-state index in [0.717, 1.165) is 17.6 Å². The van der Waals surface area contributed by atoms with E-state index < -0.39 is 15.7 Å². The molecule has 1 heterocycles. The predicted octanol–water partition coefficient (Wildman–Crippen LogP) is -0.646. The van der Waals surface area contributed by atoms with Gasteiger partial charge >= 0.3 is 0 Å². The first kappa shape index (κ1) is 12.8. The monoisotopic (exact) mass is 264 g/mol. The second-order valence-corrected chi connectivity index (χ2v) is 6.29. The predicted molar refractivity (Wildman–Crippen MR) is 61.5 cm³/mol. The number of hydrogen-bond acceptors (Lipinski definition) is 7. The van der Waals surface area contributed by atoms with Crippen molar-refractivity contribution in [1.29, 1.82) is 0 Å². The summed E-state index contributed by atoms with van der Waals surface area (Å²) in [4.78, 5) is 11.4. The molecule has 0 unspecified atom stereocenters. The van der Waals surface area contributed by atoms with E-state index in [1.165, 1.54) is 0 Å². The van der Waals surface area contributed by atoms with Crippen LogP contribution in [-0.2, 0) is 9.84 Å². The fourth-order valence-electron chi connectivity index (χ4n) is 0.842. The van der Waals surface area contributed by atoms with Gasteiger partial charge in [0.15, 0.2) is 0 Å². The van der Waals surface area contributed by atoms with Gasteiger partial charge in [-0.2, -0.15) is 0 Å². The van der Waals surface area contributed by atoms with Gasteiger partial charge in [0.1, 0.15) is 9.84 Å². The molecular weight excluding hydrogens is 252 g/mol. The van der Waals surface area contributed by atoms with Crippen LogP contribution in [0.25, 0.3) is 0 Å². The zero-order chi connectivity index (χ0) is 12.2. The molecule has 0 saturated carbocycles. The van der Waals surface area contributed by atoms with Crippen molar-refractivity contribution >= 4 is 32.2 Å². The molecule has 1 rings (SSSR count). The SMILES string of the molecule is CNc1nnc(C(=O)NCCS(C)(=O)=O)s1. The number of sulfone groups is 1. The molecule has 0 atom stereocenters. The number of carbonyl (C=O) groups is 1. The number of carbonyl (C=O) groups excluding carboxylic acids is 1. The summed E-state index contributed by atoms with van der Waals surface area (Å²) >= 11 is 1.10. The lowest BCUT2D eigenvalue weighted by Gasteiger charge is -2.00. The van der Waals surface area contributed by atoms with Crippen LogP contribution in [0.3, 0.4) is 0 Å². The minimum absolute atomic E-state index is 0.0755. The smallest absolute Gasteiger partial charge is 0.282 e. The summed E-state index contributed by atoms with van der Waals surface area (Å²) in [6.45, 7) is 0.0755. The highest BCUT2D eigenvalue weighted by molar-refractivity contribution is 7.90. The van der Waals surface area contributed by atoms with Crippen LogP contribution >= 0.6 is 11.3 Å². The van der Waals surface area contributed by atoms with E-state index in [0.29, 0.717) is 5.13 Å². The van der Waals surface area contributed by atoms with Gasteiger partial charge in [0, 0.05) is 19.8 Å². The lowest BCUT2D eigenvalue weighted by atomic mass is 10.6. The number of hydrogen-bond donors (Lipinski definition) is 2. The molecule has 9 heteroatoms. The van der Waals surface area contributed by atoms with Gasteiger partial charge in [0.25, 0.3) is 5.91 Å². The Morgan fingerprint density at radius 2 is 2.12 bits per heavy atom. The van der Waals surface area contributed by atoms with Crippen molar-refractivity contribution in [3.8, 4) is 0 Å². The Morgan fingerprint density at radius 1 is 1.44 bits per heavy atom. The van der Waals surface area contributed by atoms with Gasteiger partial charge in [0.05, 0.1) is 5.75 Å². The Labute approximate surface area is 97.2 Å². The molecule has 90 valence electrons. The summed E-state index contributed by atoms with van der Waals surface area (Å²) in [5.41, 5.74) is 0. The molecule has 1 amide bonds. The molecule has 0 aliphatic carbocycles. The van der Waals surface area contributed by atoms with Crippen molar-refractivity contribution in [3.05, 3.63) is 5.01 Å². The zero-order valence-corrected chi connectivity index (χ0v) is 10.5. The maximum absolute atomic E-state index is 11.4. The van der Waals surface area contributed by atoms with Crippen LogP contribution < -0.4 is 10.6 Å². The number of anilines is 1. The number of aromatic nitrogens is 2. The van der Waals surface area contributed by atoms with Crippen molar-refractivity contribution in [1.82, 2.24) is 15.5 Å². The molecule has 0 saturated heterocycles. The molecule has 0 bridgehead atoms. The molecular formula is C7H12N4O3S2. The molecule has 1 aromatic heterocycles. The van der Waals surface area contributed by atoms with E-state index in [2.05, 4.69) is 20.8 Å². The first-order valence-corrected chi connectivity index (χ1v) is 7.27. The second kappa shape index (κ2) is 5.21. The molecule has 0 radical (unpaired) electrons. The summed E-state index contributed by atoms with van der Waals surface area (Å²) in [6, 6.07) is 0. The van der Waals surface area contributed by atoms with E-state index in [9.17, 15) is 13.2 Å². The molecule has 1 aromatic rings. The number of amides is 1. The van der Waals surface area contributed by atoms with Crippen LogP contribution in [0.5, 0.6) is 0 Å². The highest BCUT2D eigenvalue weighted by atomic mass is 32.2. The third-order valence-electron chi connectivity index (χ3n) is 1.59. The standard InChI is InChI=1S/C7H12N4O3S2/c1-8-7-11-10-6(15-7)5(12)9-3-4-16(2,13)14/h3-4H2,1-2H3,(H,8,11)(H,9,12). The van der Waals surface area contributed by atoms with Gasteiger partial charge in [-0.1, -0.05) is 11.3 Å². The van der Waals surface area contributed by atoms with Gasteiger partial charge in [-0.15, -0.1) is 10.2 Å². The van der Waals surface area contributed by atoms with Gasteiger partial charge in [-0.05, 0) is 0 Å². The van der Waals surface area contributed by atoms with Gasteiger partial charge in [-0.3, -0.25) is 4.79 Å². The quantitative estimate of drug-likeness (QED) is 0.733. The number of nitrogens with zero attached hydrogens (tertiary/aromatic N) is 2. The van der Waals surface area contributed by atoms with Gasteiger partial charge in [0.2, 0.25) is 10.1 Å². The van der Waals surface area contributed by atoms with Crippen molar-refractivity contribution in [3.63, 3.8) is 0 Å². The van der Waals surface area contributed by atoms with E-state index in [1.807, 2.05) is 0 Å². The third-order valence-corrected chi connectivity index (χ3v) is 3.48. The minimum Gasteiger partial charge on any atom is -0.363 e. The van der Waals surface area contributed by atoms with E-state index >= 15 is 0 Å². The summed E-state index contributed by atoms with van der Waals surface area (Å²) in [5, 5.41) is 13.3. The molecule has 0 aliphatic rings. The maximum atomic E-state index is 11.4. The lowest BCUT2D eigenvalue weighted by molar-refractivity contribution is 0.0955. The van der Waals surface area contributed by atoms with E-state index in [1.54, 1.807) is 7.05 Å². The maximum Gasteiger partial charge on any atom is 0.282 e. The van der Waals surface area contributed by atoms with Gasteiger partial charge < -0.3 is 10.6 Å². The Kier molecular flexibility index (Phi) is 4.19. The summed E-state index contributed by atoms with van der Waals surface area (Å²) < 4.78 is 21.6. The van der Waals surface area contributed by atoms with Gasteiger partial charge in [-0.25, -0.2) is 8.42 Å². The Balaban J connectivity index is 2.47. The van der Waals surface area contributed by atoms with Crippen molar-refractivity contribution in [2.45, 2.75) is 0 Å². The van der Waals surface area contributed by atoms with Crippen LogP contribution in [0, 0.1) is 0 Å². The van der Waals surface area contributed by atoms with Crippen LogP contribution in [0.2, 0.25) is 0 Å². The minimum atomic E-state index is -3.06. The average molecular weight is 264 g/mol. The highest BCUT2D eigenvalue weighted by Gasteiger charge is 2.12. The average Bonchev–Trinajstić information content (AvgIpc) is 2.63. The first-order valence-electron chi connectivity index (χ1n) is 4.39. The van der Waals surface area contributed by atoms with Crippen LogP contribution in [0.4, 0.5) is 5.13 Å². The molecule has 16 heavy (non-hydrogen) atoms. The second-order valence-electron chi connectivity index (χ2n) is 3.05. The zero-order valence-electron chi connectivity index (χ0n) is 8.85. The molecule has 0 fully saturated rings. The molecule has 2 N–H and O–H groups in total. The Morgan fingerprint density at radius 3 is 2.62 bits per heavy atom. The molecule has 0 aromatic carbocycles. The molecule has 0 aliphatic heterocycles. The third kappa shape index (κ3) is 4.11. The fourth-order valence-corrected chi connectivity index (χ4v) is 1.93. The summed E-state index contributed by atoms with van der Waals surface area (Å²) in [6.07, 6.45) is 1.11. The fraction of sp³-hybridized carbons (Fsp3) is 0.571. The summed E-state index contributed by atoms with van der Waals surface area (Å²) in [7, 11) is -1.39. The lowest BCUT2D eigenvalue weighted by Crippen LogP contribution is -2.28. The number of rotatable bonds is 5. The number of nitrogens with one attached hydrogen (secondary N) is 2. The largest absolute Gasteiger partial charge is 0.363 e. The normalized spacial score (nSPS) is 11.1.